The van der Waals surface area contributed by atoms with Crippen LogP contribution in [-0.4, -0.2) is 35.1 Å². The van der Waals surface area contributed by atoms with E-state index in [4.69, 9.17) is 5.10 Å². The summed E-state index contributed by atoms with van der Waals surface area (Å²) in [5.74, 6) is 0.604. The Morgan fingerprint density at radius 2 is 2.18 bits per heavy atom. The topological polar surface area (TPSA) is 61.8 Å². The van der Waals surface area contributed by atoms with Gasteiger partial charge in [0.15, 0.2) is 0 Å². The van der Waals surface area contributed by atoms with Crippen LogP contribution in [0.4, 0.5) is 0 Å². The number of hydrogen-bond donors (Lipinski definition) is 1. The highest BCUT2D eigenvalue weighted by atomic mass is 16.2. The Labute approximate surface area is 132 Å². The van der Waals surface area contributed by atoms with E-state index in [1.165, 1.54) is 5.57 Å². The molecule has 0 bridgehead atoms. The third kappa shape index (κ3) is 3.29. The summed E-state index contributed by atoms with van der Waals surface area (Å²) in [6, 6.07) is 0.394. The minimum Gasteiger partial charge on any atom is -0.299 e. The minimum absolute atomic E-state index is 0.151. The van der Waals surface area contributed by atoms with Crippen LogP contribution in [0.1, 0.15) is 40.5 Å². The number of carbonyl (C=O) groups is 2. The van der Waals surface area contributed by atoms with E-state index < -0.39 is 0 Å². The molecule has 3 unspecified atom stereocenters. The molecule has 0 spiro atoms. The predicted octanol–water partition coefficient (Wildman–Crippen LogP) is 2.26. The zero-order valence-electron chi connectivity index (χ0n) is 13.7. The molecular formula is C17H25N3O2. The van der Waals surface area contributed by atoms with E-state index in [1.807, 2.05) is 0 Å². The molecule has 0 radical (unpaired) electrons. The number of amides is 2. The highest BCUT2D eigenvalue weighted by Crippen LogP contribution is 2.37. The van der Waals surface area contributed by atoms with Crippen LogP contribution in [0.25, 0.3) is 0 Å². The van der Waals surface area contributed by atoms with Gasteiger partial charge < -0.3 is 0 Å². The van der Waals surface area contributed by atoms with E-state index >= 15 is 0 Å². The summed E-state index contributed by atoms with van der Waals surface area (Å²) in [4.78, 5) is 21.7. The first-order chi connectivity index (χ1) is 10.5. The monoisotopic (exact) mass is 303 g/mol. The first-order valence-corrected chi connectivity index (χ1v) is 7.90. The quantitative estimate of drug-likeness (QED) is 0.766. The first-order valence-electron chi connectivity index (χ1n) is 7.90. The van der Waals surface area contributed by atoms with Crippen LogP contribution in [0.5, 0.6) is 0 Å². The summed E-state index contributed by atoms with van der Waals surface area (Å²) in [6.07, 6.45) is 7.95. The molecule has 2 rings (SSSR count). The molecule has 2 aliphatic rings. The van der Waals surface area contributed by atoms with Gasteiger partial charge in [-0.1, -0.05) is 37.6 Å². The van der Waals surface area contributed by atoms with Crippen LogP contribution in [-0.2, 0) is 9.59 Å². The maximum Gasteiger partial charge on any atom is 0.226 e. The van der Waals surface area contributed by atoms with Crippen molar-refractivity contribution in [1.29, 1.82) is 0 Å². The molecule has 0 aromatic rings. The highest BCUT2D eigenvalue weighted by Gasteiger charge is 2.39. The summed E-state index contributed by atoms with van der Waals surface area (Å²) in [6.45, 7) is 8.59. The van der Waals surface area contributed by atoms with Crippen LogP contribution in [0.15, 0.2) is 28.9 Å². The van der Waals surface area contributed by atoms with Gasteiger partial charge in [-0.2, -0.15) is 5.10 Å². The van der Waals surface area contributed by atoms with E-state index in [9.17, 15) is 9.59 Å². The third-order valence-electron chi connectivity index (χ3n) is 4.45. The second-order valence-corrected chi connectivity index (χ2v) is 6.37. The standard InChI is InChI=1S/C17H25N3O2/c1-11(2)14-6-5-7-15-17(14)13(4)19-20(15)12(3)8-9-16(22)18-10-21/h5-7,10-12,15,17H,8-9H2,1-4H3,(H,18,21,22). The van der Waals surface area contributed by atoms with Gasteiger partial charge in [-0.25, -0.2) is 0 Å². The van der Waals surface area contributed by atoms with Gasteiger partial charge in [0.1, 0.15) is 0 Å². The Morgan fingerprint density at radius 3 is 2.82 bits per heavy atom. The lowest BCUT2D eigenvalue weighted by Gasteiger charge is -2.34. The molecule has 120 valence electrons. The number of nitrogens with one attached hydrogen (secondary N) is 1. The summed E-state index contributed by atoms with van der Waals surface area (Å²) in [5, 5.41) is 9.04. The summed E-state index contributed by atoms with van der Waals surface area (Å²) in [7, 11) is 0. The van der Waals surface area contributed by atoms with Crippen molar-refractivity contribution in [3.8, 4) is 0 Å². The molecule has 1 N–H and O–H groups in total. The van der Waals surface area contributed by atoms with Crippen LogP contribution in [0.2, 0.25) is 0 Å². The first kappa shape index (κ1) is 16.5. The molecule has 5 heteroatoms. The van der Waals surface area contributed by atoms with Crippen LogP contribution in [0, 0.1) is 11.8 Å². The number of hydrazone groups is 1. The molecule has 0 fully saturated rings. The van der Waals surface area contributed by atoms with Crippen LogP contribution >= 0.6 is 0 Å². The average molecular weight is 303 g/mol. The Kier molecular flexibility index (Phi) is 5.16. The van der Waals surface area contributed by atoms with Gasteiger partial charge in [0.2, 0.25) is 12.3 Å². The normalized spacial score (nSPS) is 24.7. The molecular weight excluding hydrogens is 278 g/mol. The maximum absolute atomic E-state index is 11.4. The zero-order valence-corrected chi connectivity index (χ0v) is 13.7. The van der Waals surface area contributed by atoms with E-state index in [2.05, 4.69) is 56.2 Å². The average Bonchev–Trinajstić information content (AvgIpc) is 2.82. The second kappa shape index (κ2) is 6.90. The molecule has 22 heavy (non-hydrogen) atoms. The van der Waals surface area contributed by atoms with Gasteiger partial charge in [-0.3, -0.25) is 19.9 Å². The Balaban J connectivity index is 2.05. The van der Waals surface area contributed by atoms with Gasteiger partial charge in [-0.15, -0.1) is 0 Å². The van der Waals surface area contributed by atoms with E-state index in [-0.39, 0.29) is 18.0 Å². The Bertz CT molecular complexity index is 534. The van der Waals surface area contributed by atoms with Crippen molar-refractivity contribution in [2.24, 2.45) is 16.9 Å². The van der Waals surface area contributed by atoms with Crippen LogP contribution in [0.3, 0.4) is 0 Å². The van der Waals surface area contributed by atoms with E-state index in [1.54, 1.807) is 0 Å². The molecule has 0 saturated heterocycles. The second-order valence-electron chi connectivity index (χ2n) is 6.37. The lowest BCUT2D eigenvalue weighted by molar-refractivity contribution is -0.125. The fourth-order valence-electron chi connectivity index (χ4n) is 3.29. The van der Waals surface area contributed by atoms with Gasteiger partial charge in [0.25, 0.3) is 0 Å². The Hall–Kier alpha value is -1.91. The molecule has 3 atom stereocenters. The van der Waals surface area contributed by atoms with Crippen molar-refractivity contribution in [3.63, 3.8) is 0 Å². The number of carbonyl (C=O) groups excluding carboxylic acids is 2. The third-order valence-corrected chi connectivity index (χ3v) is 4.45. The van der Waals surface area contributed by atoms with Crippen molar-refractivity contribution in [3.05, 3.63) is 23.8 Å². The van der Waals surface area contributed by atoms with Crippen molar-refractivity contribution in [2.75, 3.05) is 0 Å². The lowest BCUT2D eigenvalue weighted by Crippen LogP contribution is -2.40. The summed E-state index contributed by atoms with van der Waals surface area (Å²) >= 11 is 0. The molecule has 1 heterocycles. The number of imide groups is 1. The minimum atomic E-state index is -0.236. The molecule has 0 aromatic heterocycles. The number of hydrogen-bond acceptors (Lipinski definition) is 4. The number of rotatable bonds is 6. The van der Waals surface area contributed by atoms with Gasteiger partial charge >= 0.3 is 0 Å². The smallest absolute Gasteiger partial charge is 0.226 e. The van der Waals surface area contributed by atoms with Crippen molar-refractivity contribution >= 4 is 18.0 Å². The molecule has 5 nitrogen and oxygen atoms in total. The lowest BCUT2D eigenvalue weighted by atomic mass is 9.79. The van der Waals surface area contributed by atoms with E-state index in [0.29, 0.717) is 31.1 Å². The van der Waals surface area contributed by atoms with Crippen molar-refractivity contribution in [1.82, 2.24) is 10.3 Å². The van der Waals surface area contributed by atoms with Gasteiger partial charge in [-0.05, 0) is 26.2 Å². The molecule has 1 aliphatic carbocycles. The van der Waals surface area contributed by atoms with Crippen molar-refractivity contribution < 1.29 is 9.59 Å². The summed E-state index contributed by atoms with van der Waals surface area (Å²) < 4.78 is 0. The van der Waals surface area contributed by atoms with Gasteiger partial charge in [0, 0.05) is 24.1 Å². The number of fused-ring (bicyclic) bond motifs is 1. The fourth-order valence-corrected chi connectivity index (χ4v) is 3.29. The molecule has 0 saturated carbocycles. The number of nitrogens with zero attached hydrogens (tertiary/aromatic N) is 2. The van der Waals surface area contributed by atoms with Gasteiger partial charge in [0.05, 0.1) is 6.04 Å². The summed E-state index contributed by atoms with van der Waals surface area (Å²) in [5.41, 5.74) is 2.56. The molecule has 2 amide bonds. The highest BCUT2D eigenvalue weighted by molar-refractivity contribution is 5.90. The Morgan fingerprint density at radius 1 is 1.45 bits per heavy atom. The van der Waals surface area contributed by atoms with Crippen molar-refractivity contribution in [2.45, 2.75) is 52.6 Å². The number of allylic oxidation sites excluding steroid dienone is 2. The fraction of sp³-hybridized carbons (Fsp3) is 0.588. The predicted molar refractivity (Wildman–Crippen MR) is 87.2 cm³/mol. The molecule has 0 aromatic carbocycles. The SMILES string of the molecule is CC1=NN(C(C)CCC(=O)NC=O)C2C=CC=C(C(C)C)C12. The zero-order chi connectivity index (χ0) is 16.3. The maximum atomic E-state index is 11.4. The largest absolute Gasteiger partial charge is 0.299 e. The molecule has 1 aliphatic heterocycles. The van der Waals surface area contributed by atoms with Crippen LogP contribution < -0.4 is 5.32 Å². The van der Waals surface area contributed by atoms with E-state index in [0.717, 1.165) is 5.71 Å².